The number of likely N-dealkylation sites (tertiary alicyclic amines) is 1. The second-order valence-electron chi connectivity index (χ2n) is 6.01. The van der Waals surface area contributed by atoms with E-state index in [1.165, 1.54) is 0 Å². The quantitative estimate of drug-likeness (QED) is 0.778. The van der Waals surface area contributed by atoms with E-state index >= 15 is 0 Å². The molecule has 4 heteroatoms. The first-order valence-corrected chi connectivity index (χ1v) is 6.79. The lowest BCUT2D eigenvalue weighted by Gasteiger charge is -2.29. The number of ether oxygens (including phenoxy) is 1. The van der Waals surface area contributed by atoms with Gasteiger partial charge in [0.2, 0.25) is 0 Å². The van der Waals surface area contributed by atoms with Crippen LogP contribution in [0.2, 0.25) is 0 Å². The zero-order valence-corrected chi connectivity index (χ0v) is 12.1. The van der Waals surface area contributed by atoms with Crippen LogP contribution in [-0.4, -0.2) is 28.1 Å². The molecule has 4 nitrogen and oxygen atoms in total. The number of nitrogens with zero attached hydrogens (tertiary/aromatic N) is 2. The summed E-state index contributed by atoms with van der Waals surface area (Å²) in [6, 6.07) is 4.08. The molecule has 1 atom stereocenters. The third-order valence-electron chi connectivity index (χ3n) is 3.29. The Morgan fingerprint density at radius 1 is 1.47 bits per heavy atom. The number of aromatic nitrogens is 1. The Kier molecular flexibility index (Phi) is 3.78. The van der Waals surface area contributed by atoms with Crippen LogP contribution < -0.4 is 0 Å². The van der Waals surface area contributed by atoms with Gasteiger partial charge in [-0.2, -0.15) is 0 Å². The zero-order chi connectivity index (χ0) is 14.0. The second-order valence-corrected chi connectivity index (χ2v) is 6.01. The smallest absolute Gasteiger partial charge is 0.410 e. The summed E-state index contributed by atoms with van der Waals surface area (Å²) in [7, 11) is 0. The lowest BCUT2D eigenvalue weighted by Crippen LogP contribution is -2.36. The van der Waals surface area contributed by atoms with Crippen LogP contribution in [0, 0.1) is 6.92 Å². The highest BCUT2D eigenvalue weighted by Gasteiger charge is 2.33. The molecule has 0 bridgehead atoms. The normalized spacial score (nSPS) is 19.6. The van der Waals surface area contributed by atoms with Gasteiger partial charge in [-0.25, -0.2) is 4.79 Å². The van der Waals surface area contributed by atoms with Crippen molar-refractivity contribution < 1.29 is 9.53 Å². The van der Waals surface area contributed by atoms with Crippen molar-refractivity contribution in [2.75, 3.05) is 6.54 Å². The average molecular weight is 262 g/mol. The van der Waals surface area contributed by atoms with Gasteiger partial charge in [-0.1, -0.05) is 6.07 Å². The van der Waals surface area contributed by atoms with E-state index in [9.17, 15) is 4.79 Å². The van der Waals surface area contributed by atoms with Crippen molar-refractivity contribution in [3.05, 3.63) is 29.6 Å². The van der Waals surface area contributed by atoms with Crippen molar-refractivity contribution in [1.29, 1.82) is 0 Å². The summed E-state index contributed by atoms with van der Waals surface area (Å²) < 4.78 is 5.48. The predicted molar refractivity (Wildman–Crippen MR) is 73.9 cm³/mol. The topological polar surface area (TPSA) is 42.4 Å². The van der Waals surface area contributed by atoms with Crippen molar-refractivity contribution in [2.45, 2.75) is 52.2 Å². The largest absolute Gasteiger partial charge is 0.444 e. The number of carbonyl (C=O) groups is 1. The molecule has 1 saturated heterocycles. The van der Waals surface area contributed by atoms with E-state index in [0.717, 1.165) is 30.6 Å². The number of hydrogen-bond donors (Lipinski definition) is 0. The van der Waals surface area contributed by atoms with Crippen molar-refractivity contribution >= 4 is 6.09 Å². The van der Waals surface area contributed by atoms with Gasteiger partial charge in [0.05, 0.1) is 6.04 Å². The number of rotatable bonds is 1. The first-order valence-electron chi connectivity index (χ1n) is 6.79. The Hall–Kier alpha value is -1.58. The first kappa shape index (κ1) is 13.8. The van der Waals surface area contributed by atoms with Crippen molar-refractivity contribution in [3.8, 4) is 0 Å². The maximum Gasteiger partial charge on any atom is 0.410 e. The van der Waals surface area contributed by atoms with Crippen molar-refractivity contribution in [2.24, 2.45) is 0 Å². The number of aryl methyl sites for hydroxylation is 1. The fourth-order valence-electron chi connectivity index (χ4n) is 2.48. The summed E-state index contributed by atoms with van der Waals surface area (Å²) in [6.45, 7) is 8.43. The molecule has 0 N–H and O–H groups in total. The van der Waals surface area contributed by atoms with Crippen molar-refractivity contribution in [1.82, 2.24) is 9.88 Å². The molecule has 104 valence electrons. The fraction of sp³-hybridized carbons (Fsp3) is 0.600. The van der Waals surface area contributed by atoms with Crippen LogP contribution in [0.15, 0.2) is 18.3 Å². The Bertz CT molecular complexity index is 465. The molecule has 0 aromatic carbocycles. The van der Waals surface area contributed by atoms with E-state index in [1.54, 1.807) is 6.20 Å². The molecule has 0 radical (unpaired) electrons. The molecule has 19 heavy (non-hydrogen) atoms. The highest BCUT2D eigenvalue weighted by Crippen LogP contribution is 2.34. The van der Waals surface area contributed by atoms with E-state index in [2.05, 4.69) is 11.1 Å². The zero-order valence-electron chi connectivity index (χ0n) is 12.1. The van der Waals surface area contributed by atoms with Crippen LogP contribution in [0.4, 0.5) is 4.79 Å². The predicted octanol–water partition coefficient (Wildman–Crippen LogP) is 3.46. The Labute approximate surface area is 114 Å². The summed E-state index contributed by atoms with van der Waals surface area (Å²) in [4.78, 5) is 18.4. The molecule has 2 heterocycles. The molecule has 1 aromatic heterocycles. The standard InChI is InChI=1S/C15H22N2O2/c1-11-12(7-5-9-16-11)13-8-6-10-17(13)14(18)19-15(2,3)4/h5,7,9,13H,6,8,10H2,1-4H3/t13-/m0/s1. The first-order chi connectivity index (χ1) is 8.88. The van der Waals surface area contributed by atoms with Crippen LogP contribution in [0.3, 0.4) is 0 Å². The summed E-state index contributed by atoms with van der Waals surface area (Å²) in [5.74, 6) is 0. The van der Waals surface area contributed by atoms with Gasteiger partial charge in [-0.3, -0.25) is 4.98 Å². The number of amides is 1. The van der Waals surface area contributed by atoms with Crippen LogP contribution in [0.25, 0.3) is 0 Å². The SMILES string of the molecule is Cc1ncccc1[C@@H]1CCCN1C(=O)OC(C)(C)C. The molecule has 1 aliphatic rings. The van der Waals surface area contributed by atoms with Gasteiger partial charge >= 0.3 is 6.09 Å². The molecule has 0 aliphatic carbocycles. The van der Waals surface area contributed by atoms with Crippen LogP contribution in [-0.2, 0) is 4.74 Å². The maximum absolute atomic E-state index is 12.2. The molecule has 1 aromatic rings. The minimum absolute atomic E-state index is 0.101. The van der Waals surface area contributed by atoms with Gasteiger partial charge in [0.25, 0.3) is 0 Å². The fourth-order valence-corrected chi connectivity index (χ4v) is 2.48. The number of pyridine rings is 1. The minimum atomic E-state index is -0.450. The van der Waals surface area contributed by atoms with Gasteiger partial charge in [0.15, 0.2) is 0 Å². The van der Waals surface area contributed by atoms with Gasteiger partial charge < -0.3 is 9.64 Å². The monoisotopic (exact) mass is 262 g/mol. The molecule has 1 amide bonds. The second kappa shape index (κ2) is 5.19. The molecule has 1 fully saturated rings. The highest BCUT2D eigenvalue weighted by atomic mass is 16.6. The Balaban J connectivity index is 2.18. The van der Waals surface area contributed by atoms with E-state index in [-0.39, 0.29) is 12.1 Å². The number of carbonyl (C=O) groups excluding carboxylic acids is 1. The van der Waals surface area contributed by atoms with E-state index in [4.69, 9.17) is 4.74 Å². The molecular formula is C15H22N2O2. The van der Waals surface area contributed by atoms with Gasteiger partial charge in [-0.15, -0.1) is 0 Å². The molecule has 0 unspecified atom stereocenters. The highest BCUT2D eigenvalue weighted by molar-refractivity contribution is 5.69. The summed E-state index contributed by atoms with van der Waals surface area (Å²) >= 11 is 0. The Morgan fingerprint density at radius 3 is 2.84 bits per heavy atom. The van der Waals surface area contributed by atoms with Crippen LogP contribution in [0.5, 0.6) is 0 Å². The molecule has 0 saturated carbocycles. The van der Waals surface area contributed by atoms with E-state index < -0.39 is 5.60 Å². The van der Waals surface area contributed by atoms with E-state index in [0.29, 0.717) is 0 Å². The van der Waals surface area contributed by atoms with Crippen LogP contribution >= 0.6 is 0 Å². The lowest BCUT2D eigenvalue weighted by molar-refractivity contribution is 0.0224. The summed E-state index contributed by atoms with van der Waals surface area (Å²) in [6.07, 6.45) is 3.55. The summed E-state index contributed by atoms with van der Waals surface area (Å²) in [5, 5.41) is 0. The van der Waals surface area contributed by atoms with Crippen LogP contribution in [0.1, 0.15) is 50.9 Å². The third kappa shape index (κ3) is 3.25. The van der Waals surface area contributed by atoms with E-state index in [1.807, 2.05) is 38.7 Å². The molecular weight excluding hydrogens is 240 g/mol. The molecule has 0 spiro atoms. The van der Waals surface area contributed by atoms with Gasteiger partial charge in [-0.05, 0) is 52.2 Å². The Morgan fingerprint density at radius 2 is 2.21 bits per heavy atom. The lowest BCUT2D eigenvalue weighted by atomic mass is 10.0. The molecule has 1 aliphatic heterocycles. The molecule has 2 rings (SSSR count). The minimum Gasteiger partial charge on any atom is -0.444 e. The van der Waals surface area contributed by atoms with Gasteiger partial charge in [0, 0.05) is 18.4 Å². The maximum atomic E-state index is 12.2. The van der Waals surface area contributed by atoms with Gasteiger partial charge in [0.1, 0.15) is 5.60 Å². The number of hydrogen-bond acceptors (Lipinski definition) is 3. The summed E-state index contributed by atoms with van der Waals surface area (Å²) in [5.41, 5.74) is 1.67. The third-order valence-corrected chi connectivity index (χ3v) is 3.29. The average Bonchev–Trinajstić information content (AvgIpc) is 2.76. The van der Waals surface area contributed by atoms with Crippen molar-refractivity contribution in [3.63, 3.8) is 0 Å².